The predicted octanol–water partition coefficient (Wildman–Crippen LogP) is 2.41. The Morgan fingerprint density at radius 2 is 2.35 bits per heavy atom. The zero-order valence-corrected chi connectivity index (χ0v) is 10.5. The molecular weight excluding hydrogens is 216 g/mol. The van der Waals surface area contributed by atoms with Crippen LogP contribution in [0, 0.1) is 11.8 Å². The van der Waals surface area contributed by atoms with E-state index in [2.05, 4.69) is 11.9 Å². The predicted molar refractivity (Wildman–Crippen MR) is 64.7 cm³/mol. The molecule has 3 atom stereocenters. The third-order valence-electron chi connectivity index (χ3n) is 4.04. The molecule has 1 fully saturated rings. The Bertz CT molecular complexity index is 400. The summed E-state index contributed by atoms with van der Waals surface area (Å²) in [6.45, 7) is 2.18. The van der Waals surface area contributed by atoms with E-state index in [4.69, 9.17) is 0 Å². The Balaban J connectivity index is 2.25. The van der Waals surface area contributed by atoms with Crippen molar-refractivity contribution in [3.8, 4) is 0 Å². The van der Waals surface area contributed by atoms with Crippen LogP contribution in [0.4, 0.5) is 0 Å². The summed E-state index contributed by atoms with van der Waals surface area (Å²) in [5.41, 5.74) is 0. The maximum atomic E-state index is 11.3. The van der Waals surface area contributed by atoms with Crippen molar-refractivity contribution in [3.63, 3.8) is 0 Å². The summed E-state index contributed by atoms with van der Waals surface area (Å²) in [4.78, 5) is 15.7. The Labute approximate surface area is 102 Å². The van der Waals surface area contributed by atoms with Crippen LogP contribution in [0.5, 0.6) is 0 Å². The van der Waals surface area contributed by atoms with E-state index in [1.165, 1.54) is 0 Å². The van der Waals surface area contributed by atoms with Crippen molar-refractivity contribution in [2.24, 2.45) is 18.9 Å². The highest BCUT2D eigenvalue weighted by molar-refractivity contribution is 5.71. The van der Waals surface area contributed by atoms with E-state index in [9.17, 15) is 9.90 Å². The van der Waals surface area contributed by atoms with E-state index in [0.717, 1.165) is 31.5 Å². The summed E-state index contributed by atoms with van der Waals surface area (Å²) in [6.07, 6.45) is 7.55. The summed E-state index contributed by atoms with van der Waals surface area (Å²) >= 11 is 0. The fraction of sp³-hybridized carbons (Fsp3) is 0.692. The topological polar surface area (TPSA) is 55.1 Å². The molecule has 1 heterocycles. The molecule has 3 unspecified atom stereocenters. The summed E-state index contributed by atoms with van der Waals surface area (Å²) in [7, 11) is 1.94. The number of carboxylic acids is 1. The van der Waals surface area contributed by atoms with Gasteiger partial charge < -0.3 is 9.67 Å². The Morgan fingerprint density at radius 1 is 1.59 bits per heavy atom. The van der Waals surface area contributed by atoms with Gasteiger partial charge in [-0.3, -0.25) is 4.79 Å². The van der Waals surface area contributed by atoms with Crippen LogP contribution < -0.4 is 0 Å². The molecule has 1 aliphatic rings. The van der Waals surface area contributed by atoms with E-state index in [1.54, 1.807) is 6.20 Å². The van der Waals surface area contributed by atoms with E-state index in [0.29, 0.717) is 5.92 Å². The first-order chi connectivity index (χ1) is 8.13. The van der Waals surface area contributed by atoms with Gasteiger partial charge in [0.05, 0.1) is 5.92 Å². The second-order valence-electron chi connectivity index (χ2n) is 5.03. The molecule has 17 heavy (non-hydrogen) atoms. The quantitative estimate of drug-likeness (QED) is 0.876. The molecule has 1 aromatic rings. The van der Waals surface area contributed by atoms with E-state index < -0.39 is 5.97 Å². The molecule has 0 spiro atoms. The van der Waals surface area contributed by atoms with Gasteiger partial charge in [-0.25, -0.2) is 4.98 Å². The highest BCUT2D eigenvalue weighted by atomic mass is 16.4. The summed E-state index contributed by atoms with van der Waals surface area (Å²) in [5, 5.41) is 9.32. The number of rotatable bonds is 3. The van der Waals surface area contributed by atoms with Crippen molar-refractivity contribution in [2.75, 3.05) is 0 Å². The molecule has 1 aromatic heterocycles. The van der Waals surface area contributed by atoms with Crippen molar-refractivity contribution >= 4 is 5.97 Å². The van der Waals surface area contributed by atoms with Crippen LogP contribution in [-0.2, 0) is 11.8 Å². The summed E-state index contributed by atoms with van der Waals surface area (Å²) in [5.74, 6) is 0.709. The van der Waals surface area contributed by atoms with Gasteiger partial charge in [0.2, 0.25) is 0 Å². The first kappa shape index (κ1) is 12.1. The minimum absolute atomic E-state index is 0.0752. The van der Waals surface area contributed by atoms with Gasteiger partial charge in [-0.1, -0.05) is 13.3 Å². The number of hydrogen-bond donors (Lipinski definition) is 1. The second kappa shape index (κ2) is 4.90. The van der Waals surface area contributed by atoms with Gasteiger partial charge in [-0.2, -0.15) is 0 Å². The molecule has 0 amide bonds. The zero-order valence-electron chi connectivity index (χ0n) is 10.5. The van der Waals surface area contributed by atoms with Crippen LogP contribution in [0.25, 0.3) is 0 Å². The standard InChI is InChI=1S/C13H20N2O2/c1-3-9-4-5-10(13(16)17)11(8-9)12-14-6-7-15(12)2/h6-7,9-11H,3-5,8H2,1-2H3,(H,16,17). The minimum Gasteiger partial charge on any atom is -0.481 e. The zero-order chi connectivity index (χ0) is 12.4. The number of nitrogens with zero attached hydrogens (tertiary/aromatic N) is 2. The van der Waals surface area contributed by atoms with Gasteiger partial charge in [0.1, 0.15) is 5.82 Å². The van der Waals surface area contributed by atoms with Gasteiger partial charge in [0, 0.05) is 25.4 Å². The fourth-order valence-electron chi connectivity index (χ4n) is 2.94. The van der Waals surface area contributed by atoms with Gasteiger partial charge in [0.15, 0.2) is 0 Å². The molecule has 1 saturated carbocycles. The van der Waals surface area contributed by atoms with Crippen LogP contribution in [0.3, 0.4) is 0 Å². The lowest BCUT2D eigenvalue weighted by molar-refractivity contribution is -0.144. The third kappa shape index (κ3) is 2.35. The normalized spacial score (nSPS) is 29.2. The fourth-order valence-corrected chi connectivity index (χ4v) is 2.94. The van der Waals surface area contributed by atoms with Crippen LogP contribution in [-0.4, -0.2) is 20.6 Å². The first-order valence-corrected chi connectivity index (χ1v) is 6.33. The number of aliphatic carboxylic acids is 1. The van der Waals surface area contributed by atoms with Crippen LogP contribution >= 0.6 is 0 Å². The molecule has 94 valence electrons. The van der Waals surface area contributed by atoms with E-state index in [1.807, 2.05) is 17.8 Å². The van der Waals surface area contributed by atoms with Gasteiger partial charge in [-0.15, -0.1) is 0 Å². The average Bonchev–Trinajstić information content (AvgIpc) is 2.74. The highest BCUT2D eigenvalue weighted by Crippen LogP contribution is 2.41. The molecule has 0 aromatic carbocycles. The van der Waals surface area contributed by atoms with Gasteiger partial charge in [-0.05, 0) is 25.2 Å². The maximum absolute atomic E-state index is 11.3. The van der Waals surface area contributed by atoms with E-state index >= 15 is 0 Å². The molecular formula is C13H20N2O2. The smallest absolute Gasteiger partial charge is 0.307 e. The molecule has 1 N–H and O–H groups in total. The van der Waals surface area contributed by atoms with Crippen LogP contribution in [0.15, 0.2) is 12.4 Å². The van der Waals surface area contributed by atoms with Gasteiger partial charge in [0.25, 0.3) is 0 Å². The van der Waals surface area contributed by atoms with Crippen molar-refractivity contribution in [1.82, 2.24) is 9.55 Å². The Morgan fingerprint density at radius 3 is 2.88 bits per heavy atom. The first-order valence-electron chi connectivity index (χ1n) is 6.33. The van der Waals surface area contributed by atoms with Crippen molar-refractivity contribution in [3.05, 3.63) is 18.2 Å². The molecule has 1 aliphatic carbocycles. The lowest BCUT2D eigenvalue weighted by atomic mass is 9.73. The number of aromatic nitrogens is 2. The van der Waals surface area contributed by atoms with Crippen LogP contribution in [0.2, 0.25) is 0 Å². The van der Waals surface area contributed by atoms with E-state index in [-0.39, 0.29) is 11.8 Å². The monoisotopic (exact) mass is 236 g/mol. The largest absolute Gasteiger partial charge is 0.481 e. The molecule has 4 heteroatoms. The lowest BCUT2D eigenvalue weighted by Gasteiger charge is -2.33. The second-order valence-corrected chi connectivity index (χ2v) is 5.03. The summed E-state index contributed by atoms with van der Waals surface area (Å²) in [6, 6.07) is 0. The number of carboxylic acid groups (broad SMARTS) is 1. The van der Waals surface area contributed by atoms with Crippen molar-refractivity contribution in [1.29, 1.82) is 0 Å². The van der Waals surface area contributed by atoms with Crippen molar-refractivity contribution in [2.45, 2.75) is 38.5 Å². The molecule has 0 saturated heterocycles. The molecule has 4 nitrogen and oxygen atoms in total. The number of hydrogen-bond acceptors (Lipinski definition) is 2. The van der Waals surface area contributed by atoms with Gasteiger partial charge >= 0.3 is 5.97 Å². The van der Waals surface area contributed by atoms with Crippen LogP contribution in [0.1, 0.15) is 44.3 Å². The Kier molecular flexibility index (Phi) is 3.50. The number of carbonyl (C=O) groups is 1. The number of imidazole rings is 1. The SMILES string of the molecule is CCC1CCC(C(=O)O)C(c2nccn2C)C1. The summed E-state index contributed by atoms with van der Waals surface area (Å²) < 4.78 is 1.96. The number of aryl methyl sites for hydroxylation is 1. The molecule has 0 aliphatic heterocycles. The lowest BCUT2D eigenvalue weighted by Crippen LogP contribution is -2.30. The van der Waals surface area contributed by atoms with Crippen molar-refractivity contribution < 1.29 is 9.90 Å². The molecule has 0 radical (unpaired) electrons. The molecule has 0 bridgehead atoms. The maximum Gasteiger partial charge on any atom is 0.307 e. The molecule has 2 rings (SSSR count). The average molecular weight is 236 g/mol. The highest BCUT2D eigenvalue weighted by Gasteiger charge is 2.37. The minimum atomic E-state index is -0.674. The Hall–Kier alpha value is -1.32. The third-order valence-corrected chi connectivity index (χ3v) is 4.04.